The molecule has 1 aromatic rings. The first-order chi connectivity index (χ1) is 14.8. The summed E-state index contributed by atoms with van der Waals surface area (Å²) in [4.78, 5) is -1.62. The van der Waals surface area contributed by atoms with Crippen LogP contribution < -0.4 is 4.74 Å². The maximum Gasteiger partial charge on any atom is 0.306 e. The van der Waals surface area contributed by atoms with Crippen LogP contribution >= 0.6 is 0 Å². The lowest BCUT2D eigenvalue weighted by Gasteiger charge is -2.29. The first-order valence-electron chi connectivity index (χ1n) is 12.6. The van der Waals surface area contributed by atoms with Gasteiger partial charge in [0.05, 0.1) is 0 Å². The van der Waals surface area contributed by atoms with Gasteiger partial charge in [-0.2, -0.15) is 8.42 Å². The number of unbranched alkanes of at least 4 members (excludes halogenated alkanes) is 10. The van der Waals surface area contributed by atoms with Crippen molar-refractivity contribution in [2.45, 2.75) is 129 Å². The van der Waals surface area contributed by atoms with Crippen molar-refractivity contribution in [1.29, 1.82) is 0 Å². The summed E-state index contributed by atoms with van der Waals surface area (Å²) in [5, 5.41) is 0. The highest BCUT2D eigenvalue weighted by molar-refractivity contribution is 7.87. The second-order valence-electron chi connectivity index (χ2n) is 9.01. The van der Waals surface area contributed by atoms with Crippen molar-refractivity contribution in [1.82, 2.24) is 0 Å². The smallest absolute Gasteiger partial charge is 0.306 e. The van der Waals surface area contributed by atoms with Crippen LogP contribution in [0.4, 0.5) is 0 Å². The molecule has 0 aliphatic heterocycles. The predicted molar refractivity (Wildman–Crippen MR) is 131 cm³/mol. The molecule has 180 valence electrons. The minimum absolute atomic E-state index is 0.188. The number of hydrogen-bond donors (Lipinski definition) is 1. The average molecular weight is 455 g/mol. The molecule has 31 heavy (non-hydrogen) atoms. The number of para-hydroxylation sites is 1. The Morgan fingerprint density at radius 2 is 1.19 bits per heavy atom. The van der Waals surface area contributed by atoms with E-state index in [1.807, 2.05) is 12.1 Å². The Bertz CT molecular complexity index is 680. The van der Waals surface area contributed by atoms with E-state index in [0.29, 0.717) is 5.75 Å². The molecular weight excluding hydrogens is 408 g/mol. The lowest BCUT2D eigenvalue weighted by molar-refractivity contribution is 0.151. The van der Waals surface area contributed by atoms with Crippen LogP contribution in [0, 0.1) is 0 Å². The van der Waals surface area contributed by atoms with Crippen molar-refractivity contribution in [2.24, 2.45) is 0 Å². The van der Waals surface area contributed by atoms with Crippen LogP contribution in [-0.4, -0.2) is 17.9 Å². The van der Waals surface area contributed by atoms with Gasteiger partial charge in [-0.1, -0.05) is 103 Å². The SMILES string of the molecule is CCCCCCCCc1cccc(CCCCCCCC)c1OC(C)(CC)S(=O)(=O)O. The summed E-state index contributed by atoms with van der Waals surface area (Å²) in [6.45, 7) is 7.65. The Labute approximate surface area is 191 Å². The molecule has 1 rings (SSSR count). The van der Waals surface area contributed by atoms with Gasteiger partial charge < -0.3 is 4.74 Å². The fraction of sp³-hybridized carbons (Fsp3) is 0.769. The molecule has 1 aromatic carbocycles. The topological polar surface area (TPSA) is 63.6 Å². The van der Waals surface area contributed by atoms with E-state index >= 15 is 0 Å². The quantitative estimate of drug-likeness (QED) is 0.181. The van der Waals surface area contributed by atoms with Gasteiger partial charge in [-0.25, -0.2) is 0 Å². The molecule has 1 N–H and O–H groups in total. The molecule has 0 amide bonds. The van der Waals surface area contributed by atoms with Gasteiger partial charge in [-0.3, -0.25) is 4.55 Å². The lowest BCUT2D eigenvalue weighted by Crippen LogP contribution is -2.41. The monoisotopic (exact) mass is 454 g/mol. The molecule has 0 heterocycles. The molecule has 0 radical (unpaired) electrons. The van der Waals surface area contributed by atoms with Gasteiger partial charge >= 0.3 is 10.1 Å². The largest absolute Gasteiger partial charge is 0.469 e. The molecule has 1 unspecified atom stereocenters. The van der Waals surface area contributed by atoms with E-state index in [4.69, 9.17) is 4.74 Å². The molecule has 0 aromatic heterocycles. The summed E-state index contributed by atoms with van der Waals surface area (Å²) in [5.41, 5.74) is 2.12. The van der Waals surface area contributed by atoms with Crippen LogP contribution in [0.3, 0.4) is 0 Å². The first kappa shape index (κ1) is 28.0. The fourth-order valence-electron chi connectivity index (χ4n) is 3.88. The first-order valence-corrected chi connectivity index (χ1v) is 14.0. The third-order valence-corrected chi connectivity index (χ3v) is 7.75. The van der Waals surface area contributed by atoms with E-state index in [2.05, 4.69) is 19.9 Å². The zero-order valence-electron chi connectivity index (χ0n) is 20.4. The van der Waals surface area contributed by atoms with Gasteiger partial charge in [0.2, 0.25) is 4.93 Å². The van der Waals surface area contributed by atoms with Crippen molar-refractivity contribution >= 4 is 10.1 Å². The highest BCUT2D eigenvalue weighted by atomic mass is 32.2. The molecule has 0 aliphatic carbocycles. The fourth-order valence-corrected chi connectivity index (χ4v) is 4.43. The van der Waals surface area contributed by atoms with Gasteiger partial charge in [0.1, 0.15) is 5.75 Å². The van der Waals surface area contributed by atoms with Gasteiger partial charge in [0.25, 0.3) is 0 Å². The van der Waals surface area contributed by atoms with Crippen LogP contribution in [0.2, 0.25) is 0 Å². The van der Waals surface area contributed by atoms with Crippen molar-refractivity contribution in [3.05, 3.63) is 29.3 Å². The summed E-state index contributed by atoms with van der Waals surface area (Å²) in [6.07, 6.45) is 16.5. The predicted octanol–water partition coefficient (Wildman–Crippen LogP) is 7.89. The average Bonchev–Trinajstić information content (AvgIpc) is 2.73. The molecule has 4 nitrogen and oxygen atoms in total. The molecule has 0 aliphatic rings. The Balaban J connectivity index is 2.94. The molecule has 0 saturated heterocycles. The Morgan fingerprint density at radius 3 is 1.58 bits per heavy atom. The van der Waals surface area contributed by atoms with E-state index in [1.165, 1.54) is 71.1 Å². The molecule has 0 fully saturated rings. The van der Waals surface area contributed by atoms with E-state index in [-0.39, 0.29) is 6.42 Å². The summed E-state index contributed by atoms with van der Waals surface area (Å²) >= 11 is 0. The van der Waals surface area contributed by atoms with Crippen molar-refractivity contribution in [3.63, 3.8) is 0 Å². The maximum atomic E-state index is 12.1. The van der Waals surface area contributed by atoms with Gasteiger partial charge in [-0.05, 0) is 43.7 Å². The van der Waals surface area contributed by atoms with Crippen molar-refractivity contribution in [2.75, 3.05) is 0 Å². The zero-order chi connectivity index (χ0) is 23.2. The molecule has 0 spiro atoms. The van der Waals surface area contributed by atoms with Gasteiger partial charge in [0.15, 0.2) is 0 Å². The lowest BCUT2D eigenvalue weighted by atomic mass is 9.98. The number of hydrogen-bond acceptors (Lipinski definition) is 3. The summed E-state index contributed by atoms with van der Waals surface area (Å²) < 4.78 is 40.1. The van der Waals surface area contributed by atoms with Crippen LogP contribution in [0.5, 0.6) is 5.75 Å². The van der Waals surface area contributed by atoms with Crippen molar-refractivity contribution < 1.29 is 17.7 Å². The maximum absolute atomic E-state index is 12.1. The molecule has 0 saturated carbocycles. The highest BCUT2D eigenvalue weighted by Gasteiger charge is 2.39. The Morgan fingerprint density at radius 1 is 0.774 bits per heavy atom. The second-order valence-corrected chi connectivity index (χ2v) is 10.8. The third kappa shape index (κ3) is 9.95. The summed E-state index contributed by atoms with van der Waals surface area (Å²) in [5.74, 6) is 0.673. The Hall–Kier alpha value is -1.07. The van der Waals surface area contributed by atoms with E-state index in [1.54, 1.807) is 6.92 Å². The standard InChI is InChI=1S/C26H46O4S/c1-5-8-10-12-14-16-19-23-21-18-22-24(20-17-15-13-11-9-6-2)25(23)30-26(4,7-3)31(27,28)29/h18,21-22H,5-17,19-20H2,1-4H3,(H,27,28,29). The molecule has 0 bridgehead atoms. The van der Waals surface area contributed by atoms with Gasteiger partial charge in [0, 0.05) is 6.42 Å². The van der Waals surface area contributed by atoms with Crippen molar-refractivity contribution in [3.8, 4) is 5.75 Å². The highest BCUT2D eigenvalue weighted by Crippen LogP contribution is 2.34. The van der Waals surface area contributed by atoms with E-state index < -0.39 is 15.1 Å². The number of benzene rings is 1. The summed E-state index contributed by atoms with van der Waals surface area (Å²) in [7, 11) is -4.34. The van der Waals surface area contributed by atoms with Crippen LogP contribution in [-0.2, 0) is 23.0 Å². The minimum atomic E-state index is -4.34. The third-order valence-electron chi connectivity index (χ3n) is 6.28. The van der Waals surface area contributed by atoms with E-state index in [0.717, 1.165) is 36.8 Å². The number of aryl methyl sites for hydroxylation is 2. The molecule has 5 heteroatoms. The summed E-state index contributed by atoms with van der Waals surface area (Å²) in [6, 6.07) is 6.15. The second kappa shape index (κ2) is 14.9. The Kier molecular flexibility index (Phi) is 13.4. The minimum Gasteiger partial charge on any atom is -0.469 e. The van der Waals surface area contributed by atoms with Crippen LogP contribution in [0.15, 0.2) is 18.2 Å². The number of rotatable bonds is 18. The zero-order valence-corrected chi connectivity index (χ0v) is 21.2. The number of ether oxygens (including phenoxy) is 1. The van der Waals surface area contributed by atoms with Crippen LogP contribution in [0.1, 0.15) is 122 Å². The van der Waals surface area contributed by atoms with E-state index in [9.17, 15) is 13.0 Å². The molecular formula is C26H46O4S. The molecule has 1 atom stereocenters. The van der Waals surface area contributed by atoms with Crippen LogP contribution in [0.25, 0.3) is 0 Å². The van der Waals surface area contributed by atoms with Gasteiger partial charge in [-0.15, -0.1) is 0 Å². The normalized spacial score (nSPS) is 13.8.